The third-order valence-electron chi connectivity index (χ3n) is 6.18. The Morgan fingerprint density at radius 1 is 0.871 bits per heavy atom. The van der Waals surface area contributed by atoms with E-state index in [-0.39, 0.29) is 0 Å². The van der Waals surface area contributed by atoms with Crippen LogP contribution < -0.4 is 0 Å². The maximum Gasteiger partial charge on any atom is 0.155 e. The van der Waals surface area contributed by atoms with Gasteiger partial charge in [0.15, 0.2) is 11.5 Å². The van der Waals surface area contributed by atoms with Gasteiger partial charge in [-0.05, 0) is 45.0 Å². The number of aromatic amines is 1. The Kier molecular flexibility index (Phi) is 5.80. The predicted molar refractivity (Wildman–Crippen MR) is 123 cm³/mol. The van der Waals surface area contributed by atoms with Crippen LogP contribution in [0.1, 0.15) is 42.3 Å². The van der Waals surface area contributed by atoms with Gasteiger partial charge in [0, 0.05) is 42.8 Å². The quantitative estimate of drug-likeness (QED) is 0.491. The summed E-state index contributed by atoms with van der Waals surface area (Å²) in [5, 5.41) is 4.67. The molecule has 0 spiro atoms. The second kappa shape index (κ2) is 9.02. The van der Waals surface area contributed by atoms with Crippen molar-refractivity contribution in [2.75, 3.05) is 19.6 Å². The summed E-state index contributed by atoms with van der Waals surface area (Å²) in [5.41, 5.74) is 5.51. The van der Waals surface area contributed by atoms with Crippen LogP contribution in [0, 0.1) is 6.92 Å². The fraction of sp³-hybridized carbons (Fsp3) is 0.400. The number of nitrogens with one attached hydrogen (secondary N) is 1. The molecule has 1 aliphatic rings. The van der Waals surface area contributed by atoms with Crippen molar-refractivity contribution < 1.29 is 0 Å². The standard InChI is InChI=1S/C25H30N6/c1-19-9-8-12-24-27-23(29-31(19)24)14-13-22-26-21(15-18-30-16-6-3-7-17-30)25(28-22)20-10-4-2-5-11-20/h2,4-5,8-12H,3,6-7,13-18H2,1H3,(H,26,28). The Morgan fingerprint density at radius 3 is 2.52 bits per heavy atom. The molecule has 0 amide bonds. The molecule has 3 aromatic heterocycles. The number of rotatable bonds is 7. The van der Waals surface area contributed by atoms with Crippen molar-refractivity contribution in [1.29, 1.82) is 0 Å². The van der Waals surface area contributed by atoms with Gasteiger partial charge >= 0.3 is 0 Å². The molecule has 1 N–H and O–H groups in total. The number of H-pyrrole nitrogens is 1. The highest BCUT2D eigenvalue weighted by molar-refractivity contribution is 5.62. The van der Waals surface area contributed by atoms with Crippen molar-refractivity contribution in [2.24, 2.45) is 0 Å². The van der Waals surface area contributed by atoms with Crippen molar-refractivity contribution in [3.63, 3.8) is 0 Å². The molecule has 1 aromatic carbocycles. The molecule has 1 saturated heterocycles. The third kappa shape index (κ3) is 4.54. The molecule has 0 bridgehead atoms. The Hall–Kier alpha value is -2.99. The Balaban J connectivity index is 1.34. The van der Waals surface area contributed by atoms with Gasteiger partial charge in [-0.2, -0.15) is 5.10 Å². The summed E-state index contributed by atoms with van der Waals surface area (Å²) in [5.74, 6) is 1.88. The van der Waals surface area contributed by atoms with Crippen LogP contribution in [0.25, 0.3) is 16.9 Å². The minimum absolute atomic E-state index is 0.772. The number of piperidine rings is 1. The Labute approximate surface area is 183 Å². The number of likely N-dealkylation sites (tertiary alicyclic amines) is 1. The van der Waals surface area contributed by atoms with Gasteiger partial charge in [-0.3, -0.25) is 0 Å². The zero-order valence-electron chi connectivity index (χ0n) is 18.2. The van der Waals surface area contributed by atoms with E-state index >= 15 is 0 Å². The van der Waals surface area contributed by atoms with Crippen molar-refractivity contribution >= 4 is 5.65 Å². The lowest BCUT2D eigenvalue weighted by molar-refractivity contribution is 0.231. The molecule has 0 unspecified atom stereocenters. The maximum absolute atomic E-state index is 4.99. The first kappa shape index (κ1) is 19.9. The second-order valence-electron chi connectivity index (χ2n) is 8.49. The number of pyridine rings is 1. The minimum atomic E-state index is 0.772. The molecule has 4 heterocycles. The van der Waals surface area contributed by atoms with Crippen LogP contribution in [-0.2, 0) is 19.3 Å². The smallest absolute Gasteiger partial charge is 0.155 e. The molecule has 6 heteroatoms. The fourth-order valence-corrected chi connectivity index (χ4v) is 4.47. The van der Waals surface area contributed by atoms with E-state index in [1.54, 1.807) is 0 Å². The fourth-order valence-electron chi connectivity index (χ4n) is 4.47. The minimum Gasteiger partial charge on any atom is -0.345 e. The maximum atomic E-state index is 4.99. The highest BCUT2D eigenvalue weighted by Crippen LogP contribution is 2.23. The predicted octanol–water partition coefficient (Wildman–Crippen LogP) is 4.24. The molecule has 0 aliphatic carbocycles. The molecular formula is C25H30N6. The van der Waals surface area contributed by atoms with Crippen LogP contribution in [0.5, 0.6) is 0 Å². The highest BCUT2D eigenvalue weighted by atomic mass is 15.3. The number of fused-ring (bicyclic) bond motifs is 1. The normalized spacial score (nSPS) is 15.0. The lowest BCUT2D eigenvalue weighted by Gasteiger charge is -2.26. The average molecular weight is 415 g/mol. The highest BCUT2D eigenvalue weighted by Gasteiger charge is 2.16. The summed E-state index contributed by atoms with van der Waals surface area (Å²) < 4.78 is 1.91. The summed E-state index contributed by atoms with van der Waals surface area (Å²) in [4.78, 5) is 15.9. The Morgan fingerprint density at radius 2 is 1.71 bits per heavy atom. The number of aryl methyl sites for hydroxylation is 3. The topological polar surface area (TPSA) is 62.1 Å². The summed E-state index contributed by atoms with van der Waals surface area (Å²) >= 11 is 0. The van der Waals surface area contributed by atoms with Crippen LogP contribution in [0.4, 0.5) is 0 Å². The average Bonchev–Trinajstić information content (AvgIpc) is 3.42. The van der Waals surface area contributed by atoms with E-state index in [1.165, 1.54) is 43.6 Å². The van der Waals surface area contributed by atoms with Gasteiger partial charge < -0.3 is 9.88 Å². The molecule has 1 aliphatic heterocycles. The molecule has 4 aromatic rings. The van der Waals surface area contributed by atoms with Crippen molar-refractivity contribution in [1.82, 2.24) is 29.5 Å². The molecule has 0 atom stereocenters. The van der Waals surface area contributed by atoms with Gasteiger partial charge in [0.1, 0.15) is 5.82 Å². The van der Waals surface area contributed by atoms with Gasteiger partial charge in [-0.1, -0.05) is 42.8 Å². The number of imidazole rings is 1. The first-order valence-electron chi connectivity index (χ1n) is 11.4. The van der Waals surface area contributed by atoms with E-state index in [0.717, 1.165) is 54.5 Å². The molecule has 5 rings (SSSR count). The SMILES string of the molecule is Cc1cccc2nc(CCc3nc(-c4ccccc4)c(CCN4CCCCC4)[nH]3)nn12. The van der Waals surface area contributed by atoms with Gasteiger partial charge in [0.05, 0.1) is 5.69 Å². The molecule has 0 saturated carbocycles. The lowest BCUT2D eigenvalue weighted by Crippen LogP contribution is -2.31. The summed E-state index contributed by atoms with van der Waals surface area (Å²) in [7, 11) is 0. The first-order chi connectivity index (χ1) is 15.3. The monoisotopic (exact) mass is 414 g/mol. The second-order valence-corrected chi connectivity index (χ2v) is 8.49. The number of hydrogen-bond donors (Lipinski definition) is 1. The molecule has 0 radical (unpaired) electrons. The zero-order chi connectivity index (χ0) is 21.0. The zero-order valence-corrected chi connectivity index (χ0v) is 18.2. The molecule has 1 fully saturated rings. The Bertz CT molecular complexity index is 1140. The van der Waals surface area contributed by atoms with E-state index in [4.69, 9.17) is 4.98 Å². The van der Waals surface area contributed by atoms with Crippen molar-refractivity contribution in [2.45, 2.75) is 45.4 Å². The van der Waals surface area contributed by atoms with Crippen LogP contribution in [-0.4, -0.2) is 49.1 Å². The van der Waals surface area contributed by atoms with Crippen LogP contribution in [0.15, 0.2) is 48.5 Å². The van der Waals surface area contributed by atoms with E-state index in [0.29, 0.717) is 0 Å². The van der Waals surface area contributed by atoms with Crippen molar-refractivity contribution in [3.05, 3.63) is 71.6 Å². The molecule has 160 valence electrons. The van der Waals surface area contributed by atoms with Crippen LogP contribution in [0.2, 0.25) is 0 Å². The molecule has 6 nitrogen and oxygen atoms in total. The van der Waals surface area contributed by atoms with Gasteiger partial charge in [-0.25, -0.2) is 14.5 Å². The molecular weight excluding hydrogens is 384 g/mol. The van der Waals surface area contributed by atoms with Gasteiger partial charge in [0.2, 0.25) is 0 Å². The largest absolute Gasteiger partial charge is 0.345 e. The van der Waals surface area contributed by atoms with Crippen LogP contribution >= 0.6 is 0 Å². The molecule has 31 heavy (non-hydrogen) atoms. The van der Waals surface area contributed by atoms with Gasteiger partial charge in [0.25, 0.3) is 0 Å². The third-order valence-corrected chi connectivity index (χ3v) is 6.18. The van der Waals surface area contributed by atoms with E-state index in [2.05, 4.69) is 63.3 Å². The van der Waals surface area contributed by atoms with Gasteiger partial charge in [-0.15, -0.1) is 0 Å². The summed E-state index contributed by atoms with van der Waals surface area (Å²) in [6.07, 6.45) is 6.60. The van der Waals surface area contributed by atoms with E-state index in [1.807, 2.05) is 16.6 Å². The van der Waals surface area contributed by atoms with Crippen LogP contribution in [0.3, 0.4) is 0 Å². The summed E-state index contributed by atoms with van der Waals surface area (Å²) in [6, 6.07) is 16.6. The van der Waals surface area contributed by atoms with E-state index in [9.17, 15) is 0 Å². The lowest BCUT2D eigenvalue weighted by atomic mass is 10.1. The number of benzene rings is 1. The van der Waals surface area contributed by atoms with Crippen molar-refractivity contribution in [3.8, 4) is 11.3 Å². The summed E-state index contributed by atoms with van der Waals surface area (Å²) in [6.45, 7) is 5.59. The number of hydrogen-bond acceptors (Lipinski definition) is 4. The number of nitrogens with zero attached hydrogens (tertiary/aromatic N) is 5. The van der Waals surface area contributed by atoms with E-state index < -0.39 is 0 Å². The first-order valence-corrected chi connectivity index (χ1v) is 11.4. The number of aromatic nitrogens is 5.